The first kappa shape index (κ1) is 10.3. The summed E-state index contributed by atoms with van der Waals surface area (Å²) in [6.07, 6.45) is 0. The SMILES string of the molecule is C[Se]CCNC(=O)c1ccccc1. The molecule has 0 aliphatic carbocycles. The number of rotatable bonds is 4. The van der Waals surface area contributed by atoms with Crippen LogP contribution in [-0.2, 0) is 0 Å². The zero-order valence-corrected chi connectivity index (χ0v) is 9.33. The first-order valence-corrected chi connectivity index (χ1v) is 7.09. The summed E-state index contributed by atoms with van der Waals surface area (Å²) in [7, 11) is 0. The summed E-state index contributed by atoms with van der Waals surface area (Å²) in [4.78, 5) is 11.4. The average Bonchev–Trinajstić information content (AvgIpc) is 2.19. The van der Waals surface area contributed by atoms with Crippen LogP contribution in [-0.4, -0.2) is 27.4 Å². The van der Waals surface area contributed by atoms with E-state index in [-0.39, 0.29) is 5.91 Å². The zero-order chi connectivity index (χ0) is 9.52. The van der Waals surface area contributed by atoms with Crippen LogP contribution in [0, 0.1) is 0 Å². The molecule has 3 heteroatoms. The van der Waals surface area contributed by atoms with Crippen molar-refractivity contribution in [3.8, 4) is 0 Å². The van der Waals surface area contributed by atoms with Gasteiger partial charge < -0.3 is 0 Å². The van der Waals surface area contributed by atoms with Gasteiger partial charge in [-0.3, -0.25) is 0 Å². The first-order valence-electron chi connectivity index (χ1n) is 4.17. The summed E-state index contributed by atoms with van der Waals surface area (Å²) < 4.78 is 0. The van der Waals surface area contributed by atoms with Crippen LogP contribution in [0.25, 0.3) is 0 Å². The molecule has 1 amide bonds. The minimum absolute atomic E-state index is 0.0323. The molecule has 1 aromatic carbocycles. The Hall–Kier alpha value is -0.791. The van der Waals surface area contributed by atoms with E-state index in [2.05, 4.69) is 11.1 Å². The second kappa shape index (κ2) is 5.79. The third-order valence-corrected chi connectivity index (χ3v) is 2.91. The number of carbonyl (C=O) groups is 1. The van der Waals surface area contributed by atoms with Crippen molar-refractivity contribution in [3.05, 3.63) is 35.9 Å². The van der Waals surface area contributed by atoms with Crippen molar-refractivity contribution in [2.45, 2.75) is 11.1 Å². The van der Waals surface area contributed by atoms with Gasteiger partial charge in [0.2, 0.25) is 0 Å². The number of benzene rings is 1. The molecular formula is C10H13NOSe. The van der Waals surface area contributed by atoms with E-state index in [0.717, 1.165) is 17.4 Å². The molecule has 0 unspecified atom stereocenters. The molecule has 0 fully saturated rings. The van der Waals surface area contributed by atoms with Gasteiger partial charge in [-0.1, -0.05) is 0 Å². The van der Waals surface area contributed by atoms with E-state index in [1.807, 2.05) is 30.3 Å². The molecule has 0 saturated heterocycles. The molecule has 0 heterocycles. The van der Waals surface area contributed by atoms with E-state index in [1.165, 1.54) is 0 Å². The van der Waals surface area contributed by atoms with Crippen LogP contribution in [0.2, 0.25) is 11.1 Å². The fraction of sp³-hybridized carbons (Fsp3) is 0.300. The first-order chi connectivity index (χ1) is 6.34. The van der Waals surface area contributed by atoms with Crippen molar-refractivity contribution >= 4 is 20.9 Å². The number of carbonyl (C=O) groups excluding carboxylic acids is 1. The number of hydrogen-bond acceptors (Lipinski definition) is 1. The van der Waals surface area contributed by atoms with Crippen molar-refractivity contribution in [2.75, 3.05) is 6.54 Å². The molecule has 0 saturated carbocycles. The Kier molecular flexibility index (Phi) is 4.58. The molecular weight excluding hydrogens is 229 g/mol. The van der Waals surface area contributed by atoms with Crippen molar-refractivity contribution in [2.24, 2.45) is 0 Å². The Bertz CT molecular complexity index is 261. The Balaban J connectivity index is 2.40. The Morgan fingerprint density at radius 1 is 1.38 bits per heavy atom. The molecule has 70 valence electrons. The van der Waals surface area contributed by atoms with Crippen LogP contribution in [0.5, 0.6) is 0 Å². The fourth-order valence-electron chi connectivity index (χ4n) is 0.958. The summed E-state index contributed by atoms with van der Waals surface area (Å²) in [5.41, 5.74) is 0.742. The number of nitrogens with one attached hydrogen (secondary N) is 1. The topological polar surface area (TPSA) is 29.1 Å². The maximum atomic E-state index is 11.4. The maximum absolute atomic E-state index is 11.4. The average molecular weight is 242 g/mol. The van der Waals surface area contributed by atoms with E-state index in [9.17, 15) is 4.79 Å². The van der Waals surface area contributed by atoms with Crippen LogP contribution >= 0.6 is 0 Å². The number of amides is 1. The standard InChI is InChI=1S/C10H13NOSe/c1-13-8-7-11-10(12)9-5-3-2-4-6-9/h2-6H,7-8H2,1H3,(H,11,12). The normalized spacial score (nSPS) is 9.62. The van der Waals surface area contributed by atoms with E-state index in [0.29, 0.717) is 15.0 Å². The Morgan fingerprint density at radius 2 is 2.08 bits per heavy atom. The minimum atomic E-state index is 0.0323. The summed E-state index contributed by atoms with van der Waals surface area (Å²) in [6, 6.07) is 9.31. The predicted molar refractivity (Wildman–Crippen MR) is 55.2 cm³/mol. The summed E-state index contributed by atoms with van der Waals surface area (Å²) in [5.74, 6) is 2.20. The quantitative estimate of drug-likeness (QED) is 0.630. The van der Waals surface area contributed by atoms with E-state index in [4.69, 9.17) is 0 Å². The molecule has 1 rings (SSSR count). The van der Waals surface area contributed by atoms with Crippen LogP contribution in [0.4, 0.5) is 0 Å². The zero-order valence-electron chi connectivity index (χ0n) is 7.62. The summed E-state index contributed by atoms with van der Waals surface area (Å²) >= 11 is 0.643. The van der Waals surface area contributed by atoms with Gasteiger partial charge in [-0.05, 0) is 0 Å². The van der Waals surface area contributed by atoms with Crippen molar-refractivity contribution in [1.29, 1.82) is 0 Å². The van der Waals surface area contributed by atoms with Gasteiger partial charge in [0.1, 0.15) is 0 Å². The van der Waals surface area contributed by atoms with E-state index >= 15 is 0 Å². The molecule has 0 aliphatic heterocycles. The number of hydrogen-bond donors (Lipinski definition) is 1. The van der Waals surface area contributed by atoms with Crippen molar-refractivity contribution in [3.63, 3.8) is 0 Å². The van der Waals surface area contributed by atoms with Gasteiger partial charge in [0.15, 0.2) is 0 Å². The second-order valence-electron chi connectivity index (χ2n) is 2.61. The van der Waals surface area contributed by atoms with Crippen LogP contribution in [0.15, 0.2) is 30.3 Å². The molecule has 0 bridgehead atoms. The van der Waals surface area contributed by atoms with Gasteiger partial charge in [-0.15, -0.1) is 0 Å². The van der Waals surface area contributed by atoms with Crippen molar-refractivity contribution < 1.29 is 4.79 Å². The molecule has 0 spiro atoms. The second-order valence-corrected chi connectivity index (χ2v) is 4.68. The molecule has 0 aliphatic rings. The van der Waals surface area contributed by atoms with Gasteiger partial charge in [-0.2, -0.15) is 0 Å². The van der Waals surface area contributed by atoms with Crippen LogP contribution in [0.3, 0.4) is 0 Å². The summed E-state index contributed by atoms with van der Waals surface area (Å²) in [5, 5.41) is 3.98. The molecule has 13 heavy (non-hydrogen) atoms. The molecule has 0 atom stereocenters. The van der Waals surface area contributed by atoms with Gasteiger partial charge in [0, 0.05) is 0 Å². The van der Waals surface area contributed by atoms with Gasteiger partial charge in [-0.25, -0.2) is 0 Å². The molecule has 1 N–H and O–H groups in total. The van der Waals surface area contributed by atoms with Crippen LogP contribution < -0.4 is 5.32 Å². The Labute approximate surface area is 84.9 Å². The van der Waals surface area contributed by atoms with Gasteiger partial charge in [0.05, 0.1) is 0 Å². The molecule has 1 aromatic rings. The third kappa shape index (κ3) is 3.62. The molecule has 0 radical (unpaired) electrons. The van der Waals surface area contributed by atoms with E-state index in [1.54, 1.807) is 0 Å². The molecule has 2 nitrogen and oxygen atoms in total. The van der Waals surface area contributed by atoms with Crippen LogP contribution in [0.1, 0.15) is 10.4 Å². The third-order valence-electron chi connectivity index (χ3n) is 1.63. The fourth-order valence-corrected chi connectivity index (χ4v) is 1.60. The Morgan fingerprint density at radius 3 is 2.69 bits per heavy atom. The summed E-state index contributed by atoms with van der Waals surface area (Å²) in [6.45, 7) is 0.796. The van der Waals surface area contributed by atoms with E-state index < -0.39 is 0 Å². The predicted octanol–water partition coefficient (Wildman–Crippen LogP) is 1.59. The monoisotopic (exact) mass is 243 g/mol. The van der Waals surface area contributed by atoms with Gasteiger partial charge >= 0.3 is 84.6 Å². The van der Waals surface area contributed by atoms with Gasteiger partial charge in [0.25, 0.3) is 0 Å². The molecule has 0 aromatic heterocycles. The van der Waals surface area contributed by atoms with Crippen molar-refractivity contribution in [1.82, 2.24) is 5.32 Å².